The van der Waals surface area contributed by atoms with Crippen LogP contribution in [0.25, 0.3) is 11.1 Å². The van der Waals surface area contributed by atoms with Crippen molar-refractivity contribution in [3.05, 3.63) is 53.6 Å². The first-order valence-electron chi connectivity index (χ1n) is 10.5. The molecule has 1 heterocycles. The van der Waals surface area contributed by atoms with Gasteiger partial charge in [-0.2, -0.15) is 0 Å². The molecule has 0 aromatic heterocycles. The molecule has 2 aromatic carbocycles. The summed E-state index contributed by atoms with van der Waals surface area (Å²) in [6.45, 7) is 7.91. The Balaban J connectivity index is 1.57. The highest BCUT2D eigenvalue weighted by Crippen LogP contribution is 2.64. The van der Waals surface area contributed by atoms with Gasteiger partial charge in [0.25, 0.3) is 0 Å². The van der Waals surface area contributed by atoms with Crippen LogP contribution in [0, 0.1) is 5.41 Å². The average Bonchev–Trinajstić information content (AvgIpc) is 3.39. The molecule has 4 rings (SSSR count). The number of nitrogens with one attached hydrogen (secondary N) is 1. The number of hydrogen-bond donors (Lipinski definition) is 1. The van der Waals surface area contributed by atoms with Crippen molar-refractivity contribution < 1.29 is 14.3 Å². The number of esters is 1. The second-order valence-electron chi connectivity index (χ2n) is 9.41. The molecule has 4 heteroatoms. The quantitative estimate of drug-likeness (QED) is 0.728. The second kappa shape index (κ2) is 7.49. The molecule has 1 atom stereocenters. The van der Waals surface area contributed by atoms with E-state index in [9.17, 15) is 4.79 Å². The summed E-state index contributed by atoms with van der Waals surface area (Å²) in [6.07, 6.45) is 3.88. The number of hydrogen-bond acceptors (Lipinski definition) is 4. The zero-order valence-corrected chi connectivity index (χ0v) is 17.9. The zero-order chi connectivity index (χ0) is 20.6. The van der Waals surface area contributed by atoms with E-state index >= 15 is 0 Å². The van der Waals surface area contributed by atoms with Crippen LogP contribution in [-0.4, -0.2) is 31.8 Å². The van der Waals surface area contributed by atoms with Crippen LogP contribution >= 0.6 is 0 Å². The molecule has 1 N–H and O–H groups in total. The topological polar surface area (TPSA) is 47.6 Å². The minimum absolute atomic E-state index is 0.316. The Bertz CT molecular complexity index is 889. The molecular weight excluding hydrogens is 362 g/mol. The number of benzene rings is 2. The predicted octanol–water partition coefficient (Wildman–Crippen LogP) is 5.17. The summed E-state index contributed by atoms with van der Waals surface area (Å²) >= 11 is 0. The van der Waals surface area contributed by atoms with Crippen LogP contribution in [-0.2, 0) is 4.74 Å². The van der Waals surface area contributed by atoms with Crippen LogP contribution in [0.5, 0.6) is 5.75 Å². The highest BCUT2D eigenvalue weighted by Gasteiger charge is 2.54. The van der Waals surface area contributed by atoms with E-state index in [0.29, 0.717) is 16.9 Å². The van der Waals surface area contributed by atoms with Gasteiger partial charge < -0.3 is 14.8 Å². The van der Waals surface area contributed by atoms with Crippen LogP contribution in [0.1, 0.15) is 61.9 Å². The van der Waals surface area contributed by atoms with Crippen molar-refractivity contribution in [2.45, 2.75) is 51.6 Å². The van der Waals surface area contributed by atoms with E-state index in [0.717, 1.165) is 30.0 Å². The van der Waals surface area contributed by atoms with Crippen LogP contribution in [0.15, 0.2) is 42.5 Å². The molecule has 4 nitrogen and oxygen atoms in total. The van der Waals surface area contributed by atoms with E-state index in [4.69, 9.17) is 9.47 Å². The monoisotopic (exact) mass is 393 g/mol. The van der Waals surface area contributed by atoms with Crippen LogP contribution in [0.3, 0.4) is 0 Å². The number of methoxy groups -OCH3 is 1. The fraction of sp³-hybridized carbons (Fsp3) is 0.480. The zero-order valence-electron chi connectivity index (χ0n) is 17.9. The largest absolute Gasteiger partial charge is 0.496 e. The fourth-order valence-corrected chi connectivity index (χ4v) is 4.59. The van der Waals surface area contributed by atoms with Gasteiger partial charge in [0.05, 0.1) is 12.7 Å². The summed E-state index contributed by atoms with van der Waals surface area (Å²) in [5, 5.41) is 3.47. The first-order valence-corrected chi connectivity index (χ1v) is 10.5. The normalized spacial score (nSPS) is 20.3. The average molecular weight is 394 g/mol. The lowest BCUT2D eigenvalue weighted by Crippen LogP contribution is -2.29. The van der Waals surface area contributed by atoms with Gasteiger partial charge in [-0.05, 0) is 93.8 Å². The van der Waals surface area contributed by atoms with Gasteiger partial charge in [0, 0.05) is 5.56 Å². The smallest absolute Gasteiger partial charge is 0.338 e. The number of piperidine rings is 1. The standard InChI is InChI=1S/C25H31NO3/c1-24(2,3)29-23(27)19-9-10-22(28-4)20(15-19)17-5-7-18(8-6-17)21-16-25(21)11-13-26-14-12-25/h5-10,15,21,26H,11-14,16H2,1-4H3/t21-/m1/s1. The van der Waals surface area contributed by atoms with Gasteiger partial charge in [-0.25, -0.2) is 4.79 Å². The molecule has 0 unspecified atom stereocenters. The third-order valence-electron chi connectivity index (χ3n) is 6.25. The van der Waals surface area contributed by atoms with Crippen molar-refractivity contribution >= 4 is 5.97 Å². The lowest BCUT2D eigenvalue weighted by atomic mass is 9.89. The van der Waals surface area contributed by atoms with Crippen LogP contribution in [0.4, 0.5) is 0 Å². The Kier molecular flexibility index (Phi) is 5.16. The molecule has 0 radical (unpaired) electrons. The minimum Gasteiger partial charge on any atom is -0.496 e. The maximum absolute atomic E-state index is 12.5. The molecule has 2 fully saturated rings. The van der Waals surface area contributed by atoms with Crippen LogP contribution < -0.4 is 10.1 Å². The summed E-state index contributed by atoms with van der Waals surface area (Å²) < 4.78 is 11.1. The van der Waals surface area contributed by atoms with Gasteiger partial charge >= 0.3 is 5.97 Å². The van der Waals surface area contributed by atoms with Crippen molar-refractivity contribution in [1.29, 1.82) is 0 Å². The molecule has 0 amide bonds. The molecule has 29 heavy (non-hydrogen) atoms. The highest BCUT2D eigenvalue weighted by atomic mass is 16.6. The van der Waals surface area contributed by atoms with Crippen LogP contribution in [0.2, 0.25) is 0 Å². The lowest BCUT2D eigenvalue weighted by molar-refractivity contribution is 0.00695. The van der Waals surface area contributed by atoms with Gasteiger partial charge in [-0.1, -0.05) is 24.3 Å². The summed E-state index contributed by atoms with van der Waals surface area (Å²) in [5.74, 6) is 1.13. The maximum Gasteiger partial charge on any atom is 0.338 e. The van der Waals surface area contributed by atoms with Gasteiger partial charge in [-0.15, -0.1) is 0 Å². The van der Waals surface area contributed by atoms with Gasteiger partial charge in [0.1, 0.15) is 11.4 Å². The van der Waals surface area contributed by atoms with Gasteiger partial charge in [0.2, 0.25) is 0 Å². The van der Waals surface area contributed by atoms with Crippen molar-refractivity contribution in [3.8, 4) is 16.9 Å². The number of ether oxygens (including phenoxy) is 2. The molecule has 1 saturated carbocycles. The van der Waals surface area contributed by atoms with Gasteiger partial charge in [-0.3, -0.25) is 0 Å². The third kappa shape index (κ3) is 4.18. The SMILES string of the molecule is COc1ccc(C(=O)OC(C)(C)C)cc1-c1ccc([C@H]2CC23CCNCC3)cc1. The Morgan fingerprint density at radius 1 is 1.07 bits per heavy atom. The molecule has 1 saturated heterocycles. The molecule has 2 aliphatic rings. The van der Waals surface area contributed by atoms with Crippen molar-refractivity contribution in [2.24, 2.45) is 5.41 Å². The summed E-state index contributed by atoms with van der Waals surface area (Å²) in [4.78, 5) is 12.5. The van der Waals surface area contributed by atoms with E-state index in [-0.39, 0.29) is 5.97 Å². The third-order valence-corrected chi connectivity index (χ3v) is 6.25. The van der Waals surface area contributed by atoms with Crippen molar-refractivity contribution in [1.82, 2.24) is 5.32 Å². The number of carbonyl (C=O) groups is 1. The predicted molar refractivity (Wildman–Crippen MR) is 115 cm³/mol. The molecule has 154 valence electrons. The first-order chi connectivity index (χ1) is 13.8. The van der Waals surface area contributed by atoms with Crippen molar-refractivity contribution in [3.63, 3.8) is 0 Å². The molecule has 0 bridgehead atoms. The van der Waals surface area contributed by atoms with E-state index in [1.165, 1.54) is 24.8 Å². The van der Waals surface area contributed by atoms with E-state index < -0.39 is 5.60 Å². The van der Waals surface area contributed by atoms with Crippen molar-refractivity contribution in [2.75, 3.05) is 20.2 Å². The molecule has 1 aliphatic carbocycles. The minimum atomic E-state index is -0.520. The fourth-order valence-electron chi connectivity index (χ4n) is 4.59. The Morgan fingerprint density at radius 2 is 1.76 bits per heavy atom. The number of rotatable bonds is 4. The van der Waals surface area contributed by atoms with Gasteiger partial charge in [0.15, 0.2) is 0 Å². The van der Waals surface area contributed by atoms with E-state index in [1.807, 2.05) is 32.9 Å². The lowest BCUT2D eigenvalue weighted by Gasteiger charge is -2.23. The van der Waals surface area contributed by atoms with E-state index in [2.05, 4.69) is 29.6 Å². The Labute approximate surface area is 173 Å². The molecule has 1 aliphatic heterocycles. The Hall–Kier alpha value is -2.33. The highest BCUT2D eigenvalue weighted by molar-refractivity contribution is 5.92. The Morgan fingerprint density at radius 3 is 2.38 bits per heavy atom. The molecular formula is C25H31NO3. The summed E-state index contributed by atoms with van der Waals surface area (Å²) in [5.41, 5.74) is 3.94. The second-order valence-corrected chi connectivity index (χ2v) is 9.41. The number of carbonyl (C=O) groups excluding carboxylic acids is 1. The molecule has 1 spiro atoms. The first kappa shape index (κ1) is 20.0. The molecule has 2 aromatic rings. The summed E-state index contributed by atoms with van der Waals surface area (Å²) in [7, 11) is 1.66. The maximum atomic E-state index is 12.5. The van der Waals surface area contributed by atoms with E-state index in [1.54, 1.807) is 13.2 Å². The summed E-state index contributed by atoms with van der Waals surface area (Å²) in [6, 6.07) is 14.3.